The fourth-order valence-electron chi connectivity index (χ4n) is 11.7. The highest BCUT2D eigenvalue weighted by Crippen LogP contribution is 2.58. The van der Waals surface area contributed by atoms with E-state index in [-0.39, 0.29) is 51.4 Å². The number of fused-ring (bicyclic) bond motifs is 9. The maximum Gasteiger partial charge on any atom is 0.226 e. The Bertz CT molecular complexity index is 2420. The summed E-state index contributed by atoms with van der Waals surface area (Å²) in [5.74, 6) is 1.41. The predicted octanol–water partition coefficient (Wildman–Crippen LogP) is 8.41. The third kappa shape index (κ3) is 5.16. The van der Waals surface area contributed by atoms with Gasteiger partial charge >= 0.3 is 0 Å². The van der Waals surface area contributed by atoms with Crippen molar-refractivity contribution in [3.8, 4) is 5.82 Å². The van der Waals surface area contributed by atoms with Crippen molar-refractivity contribution in [1.29, 1.82) is 0 Å². The molecule has 56 heavy (non-hydrogen) atoms. The predicted molar refractivity (Wildman–Crippen MR) is 211 cm³/mol. The van der Waals surface area contributed by atoms with E-state index in [2.05, 4.69) is 64.4 Å². The van der Waals surface area contributed by atoms with Gasteiger partial charge in [-0.2, -0.15) is 15.3 Å². The van der Waals surface area contributed by atoms with Crippen molar-refractivity contribution < 1.29 is 16.1 Å². The fraction of sp³-hybridized carbons (Fsp3) is 0.545. The van der Waals surface area contributed by atoms with E-state index >= 15 is 0 Å². The van der Waals surface area contributed by atoms with Crippen LogP contribution in [0, 0.1) is 48.3 Å². The van der Waals surface area contributed by atoms with E-state index in [1.165, 1.54) is 13.0 Å². The molecule has 0 saturated heterocycles. The van der Waals surface area contributed by atoms with Crippen LogP contribution in [0.25, 0.3) is 20.4 Å². The highest BCUT2D eigenvalue weighted by Gasteiger charge is 2.56. The molecule has 3 aromatic rings. The summed E-state index contributed by atoms with van der Waals surface area (Å²) in [5, 5.41) is 30.7. The number of aromatic nitrogens is 6. The Morgan fingerprint density at radius 1 is 0.857 bits per heavy atom. The smallest absolute Gasteiger partial charge is 0.226 e. The van der Waals surface area contributed by atoms with Crippen LogP contribution >= 0.6 is 0 Å². The molecular weight excluding hydrogens is 703 g/mol. The molecule has 12 heteroatoms. The average molecular weight is 756 g/mol. The van der Waals surface area contributed by atoms with Crippen molar-refractivity contribution in [3.05, 3.63) is 115 Å². The van der Waals surface area contributed by atoms with E-state index < -0.39 is 16.2 Å². The van der Waals surface area contributed by atoms with Crippen molar-refractivity contribution >= 4 is 11.6 Å². The van der Waals surface area contributed by atoms with Crippen LogP contribution in [0.4, 0.5) is 0 Å². The van der Waals surface area contributed by atoms with E-state index in [4.69, 9.17) is 31.3 Å². The monoisotopic (exact) mass is 755 g/mol. The maximum absolute atomic E-state index is 13.0. The Morgan fingerprint density at radius 3 is 2.23 bits per heavy atom. The van der Waals surface area contributed by atoms with E-state index in [1.54, 1.807) is 0 Å². The Kier molecular flexibility index (Phi) is 8.51. The summed E-state index contributed by atoms with van der Waals surface area (Å²) in [6.45, 7) is 36.8. The number of Topliss-reactive ketones (excluding diaryl/α,β-unsaturated/α-hetero) is 2. The average Bonchev–Trinajstić information content (AvgIpc) is 3.96. The van der Waals surface area contributed by atoms with Crippen LogP contribution in [-0.2, 0) is 45.1 Å². The van der Waals surface area contributed by atoms with Gasteiger partial charge in [-0.3, -0.25) is 10.2 Å². The van der Waals surface area contributed by atoms with E-state index in [1.807, 2.05) is 43.1 Å². The van der Waals surface area contributed by atoms with Gasteiger partial charge in [0.2, 0.25) is 17.1 Å². The number of carbonyl (C=O) groups is 2. The minimum absolute atomic E-state index is 0.0613. The number of hydrogen-bond donors (Lipinski definition) is 3. The van der Waals surface area contributed by atoms with Gasteiger partial charge in [0.15, 0.2) is 17.4 Å². The van der Waals surface area contributed by atoms with Crippen molar-refractivity contribution in [3.63, 3.8) is 0 Å². The topological polar surface area (TPSA) is 143 Å². The molecule has 0 radical (unpaired) electrons. The second-order valence-corrected chi connectivity index (χ2v) is 18.3. The minimum atomic E-state index is -0.633. The number of aliphatic hydroxyl groups is 1. The number of aryl methyl sites for hydroxylation is 2. The van der Waals surface area contributed by atoms with Crippen LogP contribution in [0.5, 0.6) is 0 Å². The first-order chi connectivity index (χ1) is 26.9. The molecule has 290 valence electrons. The van der Waals surface area contributed by atoms with Crippen molar-refractivity contribution in [2.24, 2.45) is 28.6 Å². The zero-order valence-electron chi connectivity index (χ0n) is 34.6. The van der Waals surface area contributed by atoms with Gasteiger partial charge in [-0.15, -0.1) is 0 Å². The highest BCUT2D eigenvalue weighted by atomic mass is 16.3. The van der Waals surface area contributed by atoms with E-state index in [0.717, 1.165) is 72.6 Å². The molecule has 0 aromatic carbocycles. The number of ketones is 2. The lowest BCUT2D eigenvalue weighted by Gasteiger charge is -2.52. The second-order valence-electron chi connectivity index (χ2n) is 18.3. The maximum atomic E-state index is 13.0. The van der Waals surface area contributed by atoms with Gasteiger partial charge in [0.25, 0.3) is 0 Å². The third-order valence-corrected chi connectivity index (χ3v) is 14.6. The zero-order valence-corrected chi connectivity index (χ0v) is 33.6. The Labute approximate surface area is 330 Å². The van der Waals surface area contributed by atoms with Crippen molar-refractivity contribution in [2.75, 3.05) is 0 Å². The normalized spacial score (nSPS) is 31.8. The molecule has 6 aliphatic rings. The molecule has 9 rings (SSSR count). The number of carbonyl (C=O) groups excluding carboxylic acids is 2. The lowest BCUT2D eigenvalue weighted by molar-refractivity contribution is -0.128. The van der Waals surface area contributed by atoms with Crippen molar-refractivity contribution in [2.45, 2.75) is 123 Å². The summed E-state index contributed by atoms with van der Waals surface area (Å²) in [6, 6.07) is 0. The molecule has 0 aliphatic heterocycles. The summed E-state index contributed by atoms with van der Waals surface area (Å²) >= 11 is 0. The molecule has 0 bridgehead atoms. The molecule has 12 nitrogen and oxygen atoms in total. The van der Waals surface area contributed by atoms with Gasteiger partial charge in [-0.05, 0) is 73.8 Å². The Hall–Kier alpha value is -5.54. The minimum Gasteiger partial charge on any atom is -0.523 e. The Morgan fingerprint density at radius 2 is 1.54 bits per heavy atom. The SMILES string of the molecule is [3H]C.[C-]#[N+]C1=C(O)C(C)(C)[C@@H]2CCc3cn[nH]c3[C@@]2(C)C1.[C-]#[N+]C1=C[C@]2(C)c3nn(-c4n[nH]c5c4CC[C@H]4C(C)(C)C(=O)C([N+]#[C-])=C[C@]54C)cc3CC[C@H]2CC1=O. The molecule has 0 fully saturated rings. The second kappa shape index (κ2) is 12.7. The van der Waals surface area contributed by atoms with Gasteiger partial charge in [0.1, 0.15) is 5.76 Å². The number of hydrogen-bond acceptors (Lipinski definition) is 6. The van der Waals surface area contributed by atoms with Gasteiger partial charge in [0, 0.05) is 58.0 Å². The molecule has 3 heterocycles. The first-order valence-corrected chi connectivity index (χ1v) is 19.2. The van der Waals surface area contributed by atoms with Gasteiger partial charge in [0.05, 0.1) is 31.6 Å². The van der Waals surface area contributed by atoms with E-state index in [9.17, 15) is 14.7 Å². The van der Waals surface area contributed by atoms with Crippen LogP contribution in [-0.4, -0.2) is 46.8 Å². The summed E-state index contributed by atoms with van der Waals surface area (Å²) in [4.78, 5) is 36.0. The number of nitrogens with zero attached hydrogens (tertiary/aromatic N) is 7. The van der Waals surface area contributed by atoms with Crippen LogP contribution in [0.3, 0.4) is 0 Å². The van der Waals surface area contributed by atoms with Crippen molar-refractivity contribution in [1.82, 2.24) is 30.2 Å². The van der Waals surface area contributed by atoms with Crippen LogP contribution in [0.1, 0.15) is 123 Å². The standard InChI is InChI=1S/C28H28N6O2.C15H19N3O.CH4/c1-26(2)21-10-9-17-23(28(21,4)13-19(30-6)24(26)36)31-32-25(17)34-14-15-7-8-16-11-20(35)18(29-5)12-27(16,3)22(15)33-34;1-14(2)11-6-5-9-8-17-18-12(9)15(11,3)7-10(16-4)13(14)19;/h12-14,16,21H,7-11H2,1-4H3,(H,31,32);8,11,19H,5-7H2,1-3H3,(H,17,18);1H4/t16-,21-,27-,28-;11-,15-;/m00./s1/i;;1T. The molecule has 0 saturated carbocycles. The number of aromatic amines is 2. The first-order valence-electron chi connectivity index (χ1n) is 20.2. The van der Waals surface area contributed by atoms with Crippen LogP contribution in [0.2, 0.25) is 0 Å². The molecule has 6 aliphatic carbocycles. The molecule has 0 amide bonds. The first kappa shape index (κ1) is 37.4. The van der Waals surface area contributed by atoms with Gasteiger partial charge in [-0.1, -0.05) is 68.0 Å². The lowest BCUT2D eigenvalue weighted by atomic mass is 9.53. The van der Waals surface area contributed by atoms with Gasteiger partial charge in [-0.25, -0.2) is 19.2 Å². The molecule has 0 spiro atoms. The largest absolute Gasteiger partial charge is 0.523 e. The van der Waals surface area contributed by atoms with Gasteiger partial charge < -0.3 is 14.7 Å². The number of H-pyrrole nitrogens is 2. The number of allylic oxidation sites excluding steroid dienone is 6. The molecule has 3 aromatic heterocycles. The number of nitrogens with one attached hydrogen (secondary N) is 2. The molecular formula is C44H51N9O3. The summed E-state index contributed by atoms with van der Waals surface area (Å²) in [6.07, 6.45) is 13.9. The number of aliphatic hydroxyl groups excluding tert-OH is 1. The van der Waals surface area contributed by atoms with Crippen LogP contribution < -0.4 is 0 Å². The summed E-state index contributed by atoms with van der Waals surface area (Å²) in [7, 11) is 1.25. The van der Waals surface area contributed by atoms with Crippen LogP contribution in [0.15, 0.2) is 47.4 Å². The third-order valence-electron chi connectivity index (χ3n) is 14.6. The lowest BCUT2D eigenvalue weighted by Crippen LogP contribution is -2.50. The summed E-state index contributed by atoms with van der Waals surface area (Å²) < 4.78 is 7.59. The molecule has 6 atom stereocenters. The summed E-state index contributed by atoms with van der Waals surface area (Å²) in [5.41, 5.74) is 5.33. The highest BCUT2D eigenvalue weighted by molar-refractivity contribution is 6.02. The Balaban J connectivity index is 0.000000199. The molecule has 3 N–H and O–H groups in total. The van der Waals surface area contributed by atoms with E-state index in [0.29, 0.717) is 24.5 Å². The quantitative estimate of drug-likeness (QED) is 0.213. The zero-order chi connectivity index (χ0) is 41.5. The number of rotatable bonds is 1. The fourth-order valence-corrected chi connectivity index (χ4v) is 11.7. The molecule has 0 unspecified atom stereocenters.